The van der Waals surface area contributed by atoms with Crippen LogP contribution in [-0.2, 0) is 0 Å². The molecule has 0 spiro atoms. The highest BCUT2D eigenvalue weighted by Crippen LogP contribution is 1.99. The van der Waals surface area contributed by atoms with Gasteiger partial charge in [-0.2, -0.15) is 0 Å². The van der Waals surface area contributed by atoms with Gasteiger partial charge in [0.2, 0.25) is 0 Å². The van der Waals surface area contributed by atoms with E-state index in [2.05, 4.69) is 10.6 Å². The summed E-state index contributed by atoms with van der Waals surface area (Å²) >= 11 is 4.72. The van der Waals surface area contributed by atoms with Crippen molar-refractivity contribution in [1.82, 2.24) is 10.6 Å². The van der Waals surface area contributed by atoms with Gasteiger partial charge in [-0.1, -0.05) is 0 Å². The minimum absolute atomic E-state index is 0.411. The molecule has 1 fully saturated rings. The first-order valence-electron chi connectivity index (χ1n) is 3.56. The van der Waals surface area contributed by atoms with Crippen molar-refractivity contribution in [1.29, 1.82) is 0 Å². The summed E-state index contributed by atoms with van der Waals surface area (Å²) in [6, 6.07) is 0.450. The van der Waals surface area contributed by atoms with Crippen molar-refractivity contribution < 1.29 is 0 Å². The van der Waals surface area contributed by atoms with Gasteiger partial charge >= 0.3 is 0 Å². The molecule has 1 unspecified atom stereocenters. The number of hydrogen-bond donors (Lipinski definition) is 3. The monoisotopic (exact) mass is 159 g/mol. The molecule has 1 heterocycles. The third-order valence-electron chi connectivity index (χ3n) is 1.64. The molecule has 0 amide bonds. The summed E-state index contributed by atoms with van der Waals surface area (Å²) < 4.78 is 0. The molecule has 1 rings (SSSR count). The van der Waals surface area contributed by atoms with E-state index in [4.69, 9.17) is 18.0 Å². The maximum Gasteiger partial charge on any atom is 0.163 e. The van der Waals surface area contributed by atoms with Gasteiger partial charge in [0.25, 0.3) is 0 Å². The minimum Gasteiger partial charge on any atom is -0.376 e. The van der Waals surface area contributed by atoms with Crippen LogP contribution in [-0.4, -0.2) is 24.2 Å². The van der Waals surface area contributed by atoms with Crippen LogP contribution in [0.5, 0.6) is 0 Å². The third-order valence-corrected chi connectivity index (χ3v) is 1.76. The molecule has 1 atom stereocenters. The van der Waals surface area contributed by atoms with Crippen molar-refractivity contribution in [3.63, 3.8) is 0 Å². The van der Waals surface area contributed by atoms with Gasteiger partial charge in [0.05, 0.1) is 0 Å². The van der Waals surface area contributed by atoms with E-state index in [1.807, 2.05) is 0 Å². The van der Waals surface area contributed by atoms with Crippen molar-refractivity contribution in [2.45, 2.75) is 18.9 Å². The zero-order valence-electron chi connectivity index (χ0n) is 5.89. The zero-order chi connectivity index (χ0) is 7.40. The molecule has 58 valence electrons. The molecule has 0 bridgehead atoms. The normalized spacial score (nSPS) is 25.8. The third kappa shape index (κ3) is 2.49. The first-order valence-corrected chi connectivity index (χ1v) is 3.96. The quantitative estimate of drug-likeness (QED) is 0.455. The fraction of sp³-hybridized carbons (Fsp3) is 0.833. The van der Waals surface area contributed by atoms with Crippen LogP contribution in [0.3, 0.4) is 0 Å². The Bertz CT molecular complexity index is 120. The molecule has 1 saturated heterocycles. The van der Waals surface area contributed by atoms with Gasteiger partial charge in [-0.3, -0.25) is 0 Å². The number of piperidine rings is 1. The van der Waals surface area contributed by atoms with E-state index >= 15 is 0 Å². The molecule has 0 saturated carbocycles. The molecule has 0 radical (unpaired) electrons. The molecule has 1 aliphatic heterocycles. The summed E-state index contributed by atoms with van der Waals surface area (Å²) in [5.74, 6) is 0. The van der Waals surface area contributed by atoms with Crippen molar-refractivity contribution in [2.75, 3.05) is 13.1 Å². The van der Waals surface area contributed by atoms with Gasteiger partial charge in [-0.05, 0) is 31.6 Å². The van der Waals surface area contributed by atoms with Crippen LogP contribution in [0, 0.1) is 0 Å². The second kappa shape index (κ2) is 3.73. The van der Waals surface area contributed by atoms with Crippen LogP contribution >= 0.6 is 12.2 Å². The second-order valence-corrected chi connectivity index (χ2v) is 2.99. The van der Waals surface area contributed by atoms with Gasteiger partial charge in [0.1, 0.15) is 0 Å². The van der Waals surface area contributed by atoms with E-state index in [9.17, 15) is 0 Å². The van der Waals surface area contributed by atoms with Gasteiger partial charge in [-0.15, -0.1) is 0 Å². The smallest absolute Gasteiger partial charge is 0.163 e. The van der Waals surface area contributed by atoms with Crippen molar-refractivity contribution >= 4 is 17.3 Å². The summed E-state index contributed by atoms with van der Waals surface area (Å²) in [6.45, 7) is 2.10. The molecule has 4 heteroatoms. The molecule has 0 aliphatic carbocycles. The largest absolute Gasteiger partial charge is 0.376 e. The number of nitrogens with two attached hydrogens (primary N) is 1. The minimum atomic E-state index is 0.411. The van der Waals surface area contributed by atoms with E-state index in [1.54, 1.807) is 0 Å². The molecule has 0 aromatic rings. The van der Waals surface area contributed by atoms with Gasteiger partial charge in [0.15, 0.2) is 5.11 Å². The van der Waals surface area contributed by atoms with Crippen LogP contribution in [0.15, 0.2) is 0 Å². The fourth-order valence-electron chi connectivity index (χ4n) is 1.18. The van der Waals surface area contributed by atoms with Crippen molar-refractivity contribution in [3.05, 3.63) is 0 Å². The van der Waals surface area contributed by atoms with Gasteiger partial charge in [-0.25, -0.2) is 0 Å². The Balaban J connectivity index is 2.19. The molecular formula is C6H13N3S. The lowest BCUT2D eigenvalue weighted by molar-refractivity contribution is 0.432. The van der Waals surface area contributed by atoms with E-state index in [0.717, 1.165) is 13.1 Å². The lowest BCUT2D eigenvalue weighted by Gasteiger charge is -2.23. The highest BCUT2D eigenvalue weighted by atomic mass is 32.1. The average Bonchev–Trinajstić information content (AvgIpc) is 1.88. The molecule has 0 aromatic heterocycles. The SMILES string of the molecule is NC(=S)NC1CCCNC1. The summed E-state index contributed by atoms with van der Waals surface area (Å²) in [7, 11) is 0. The average molecular weight is 159 g/mol. The number of nitrogens with one attached hydrogen (secondary N) is 2. The predicted molar refractivity (Wildman–Crippen MR) is 45.8 cm³/mol. The van der Waals surface area contributed by atoms with E-state index in [1.165, 1.54) is 12.8 Å². The first-order chi connectivity index (χ1) is 4.79. The van der Waals surface area contributed by atoms with Gasteiger partial charge in [0, 0.05) is 12.6 Å². The highest BCUT2D eigenvalue weighted by molar-refractivity contribution is 7.80. The lowest BCUT2D eigenvalue weighted by atomic mass is 10.1. The summed E-state index contributed by atoms with van der Waals surface area (Å²) in [5, 5.41) is 6.70. The molecular weight excluding hydrogens is 146 g/mol. The van der Waals surface area contributed by atoms with Crippen LogP contribution in [0.1, 0.15) is 12.8 Å². The standard InChI is InChI=1S/C6H13N3S/c7-6(10)9-5-2-1-3-8-4-5/h5,8H,1-4H2,(H3,7,9,10). The number of hydrogen-bond acceptors (Lipinski definition) is 2. The number of rotatable bonds is 1. The lowest BCUT2D eigenvalue weighted by Crippen LogP contribution is -2.47. The topological polar surface area (TPSA) is 50.1 Å². The molecule has 0 aromatic carbocycles. The highest BCUT2D eigenvalue weighted by Gasteiger charge is 2.11. The second-order valence-electron chi connectivity index (χ2n) is 2.55. The molecule has 3 nitrogen and oxygen atoms in total. The summed E-state index contributed by atoms with van der Waals surface area (Å²) in [5.41, 5.74) is 5.32. The van der Waals surface area contributed by atoms with Crippen LogP contribution < -0.4 is 16.4 Å². The fourth-order valence-corrected chi connectivity index (χ4v) is 1.34. The molecule has 10 heavy (non-hydrogen) atoms. The Morgan fingerprint density at radius 3 is 3.00 bits per heavy atom. The Kier molecular flexibility index (Phi) is 2.89. The molecule has 1 aliphatic rings. The number of thiocarbonyl (C=S) groups is 1. The first kappa shape index (κ1) is 7.75. The maximum atomic E-state index is 5.32. The van der Waals surface area contributed by atoms with E-state index in [0.29, 0.717) is 11.2 Å². The van der Waals surface area contributed by atoms with E-state index < -0.39 is 0 Å². The zero-order valence-corrected chi connectivity index (χ0v) is 6.71. The van der Waals surface area contributed by atoms with Gasteiger partial charge < -0.3 is 16.4 Å². The Morgan fingerprint density at radius 2 is 2.50 bits per heavy atom. The van der Waals surface area contributed by atoms with Crippen LogP contribution in [0.2, 0.25) is 0 Å². The Morgan fingerprint density at radius 1 is 1.70 bits per heavy atom. The Hall–Kier alpha value is -0.350. The van der Waals surface area contributed by atoms with Crippen molar-refractivity contribution in [2.24, 2.45) is 5.73 Å². The van der Waals surface area contributed by atoms with Crippen LogP contribution in [0.25, 0.3) is 0 Å². The summed E-state index contributed by atoms with van der Waals surface area (Å²) in [4.78, 5) is 0. The van der Waals surface area contributed by atoms with Crippen LogP contribution in [0.4, 0.5) is 0 Å². The maximum absolute atomic E-state index is 5.32. The van der Waals surface area contributed by atoms with E-state index in [-0.39, 0.29) is 0 Å². The Labute approximate surface area is 66.4 Å². The summed E-state index contributed by atoms with van der Waals surface area (Å²) in [6.07, 6.45) is 2.38. The van der Waals surface area contributed by atoms with Crippen molar-refractivity contribution in [3.8, 4) is 0 Å². The predicted octanol–water partition coefficient (Wildman–Crippen LogP) is -0.428. The molecule has 4 N–H and O–H groups in total.